The second-order valence-corrected chi connectivity index (χ2v) is 10.9. The highest BCUT2D eigenvalue weighted by Gasteiger charge is 2.24. The molecule has 39 heavy (non-hydrogen) atoms. The number of carbonyl (C=O) groups is 1. The average Bonchev–Trinajstić information content (AvgIpc) is 2.92. The Morgan fingerprint density at radius 3 is 2.36 bits per heavy atom. The van der Waals surface area contributed by atoms with Crippen molar-refractivity contribution in [2.45, 2.75) is 51.8 Å². The van der Waals surface area contributed by atoms with E-state index in [1.807, 2.05) is 38.1 Å². The Bertz CT molecular complexity index is 1400. The second kappa shape index (κ2) is 12.5. The summed E-state index contributed by atoms with van der Waals surface area (Å²) in [5.41, 5.74) is 8.46. The van der Waals surface area contributed by atoms with Crippen LogP contribution in [0.3, 0.4) is 0 Å². The maximum atomic E-state index is 11.2. The minimum atomic E-state index is -0.792. The number of fused-ring (bicyclic) bond motifs is 1. The summed E-state index contributed by atoms with van der Waals surface area (Å²) in [4.78, 5) is 13.7. The van der Waals surface area contributed by atoms with Crippen LogP contribution in [-0.2, 0) is 36.3 Å². The lowest BCUT2D eigenvalue weighted by Gasteiger charge is -2.30. The molecule has 0 amide bonds. The van der Waals surface area contributed by atoms with Gasteiger partial charge in [0, 0.05) is 25.0 Å². The zero-order valence-electron chi connectivity index (χ0n) is 22.6. The van der Waals surface area contributed by atoms with Crippen molar-refractivity contribution in [3.8, 4) is 16.9 Å². The van der Waals surface area contributed by atoms with Crippen molar-refractivity contribution in [2.75, 3.05) is 6.54 Å². The highest BCUT2D eigenvalue weighted by Crippen LogP contribution is 2.32. The molecule has 1 N–H and O–H groups in total. The normalized spacial score (nSPS) is 13.3. The molecule has 0 saturated heterocycles. The van der Waals surface area contributed by atoms with Crippen LogP contribution in [0, 0.1) is 0 Å². The Labute approximate surface area is 237 Å². The molecule has 0 bridgehead atoms. The molecule has 5 heteroatoms. The van der Waals surface area contributed by atoms with Crippen LogP contribution in [0.25, 0.3) is 11.1 Å². The Morgan fingerprint density at radius 2 is 1.62 bits per heavy atom. The first-order valence-corrected chi connectivity index (χ1v) is 13.3. The Hall–Kier alpha value is -3.60. The van der Waals surface area contributed by atoms with Crippen molar-refractivity contribution in [3.63, 3.8) is 0 Å². The second-order valence-electron chi connectivity index (χ2n) is 10.9. The van der Waals surface area contributed by atoms with Crippen molar-refractivity contribution >= 4 is 18.4 Å². The highest BCUT2D eigenvalue weighted by atomic mass is 35.5. The lowest BCUT2D eigenvalue weighted by Crippen LogP contribution is -2.30. The summed E-state index contributed by atoms with van der Waals surface area (Å²) >= 11 is 0. The maximum absolute atomic E-state index is 11.2. The summed E-state index contributed by atoms with van der Waals surface area (Å²) in [6.45, 7) is 7.39. The van der Waals surface area contributed by atoms with Gasteiger partial charge in [0.2, 0.25) is 0 Å². The van der Waals surface area contributed by atoms with E-state index in [1.54, 1.807) is 0 Å². The van der Waals surface area contributed by atoms with Crippen LogP contribution in [0.1, 0.15) is 48.1 Å². The summed E-state index contributed by atoms with van der Waals surface area (Å²) in [6, 6.07) is 33.8. The first kappa shape index (κ1) is 28.4. The van der Waals surface area contributed by atoms with Crippen molar-refractivity contribution in [2.24, 2.45) is 0 Å². The maximum Gasteiger partial charge on any atom is 0.304 e. The number of nitrogens with zero attached hydrogens (tertiary/aromatic N) is 1. The fourth-order valence-electron chi connectivity index (χ4n) is 5.39. The van der Waals surface area contributed by atoms with E-state index >= 15 is 0 Å². The summed E-state index contributed by atoms with van der Waals surface area (Å²) in [5, 5.41) is 9.18. The number of carboxylic acid groups (broad SMARTS) is 1. The molecule has 0 fully saturated rings. The van der Waals surface area contributed by atoms with Gasteiger partial charge in [0.05, 0.1) is 6.42 Å². The lowest BCUT2D eigenvalue weighted by molar-refractivity contribution is -0.138. The van der Waals surface area contributed by atoms with Gasteiger partial charge in [-0.1, -0.05) is 92.7 Å². The van der Waals surface area contributed by atoms with Gasteiger partial charge in [-0.05, 0) is 63.6 Å². The van der Waals surface area contributed by atoms with E-state index in [9.17, 15) is 9.90 Å². The molecule has 0 aromatic heterocycles. The Balaban J connectivity index is 0.00000353. The number of hydrogen-bond donors (Lipinski definition) is 1. The molecular weight excluding hydrogens is 506 g/mol. The van der Waals surface area contributed by atoms with Gasteiger partial charge in [-0.2, -0.15) is 0 Å². The van der Waals surface area contributed by atoms with Crippen LogP contribution in [0.2, 0.25) is 0 Å². The SMILES string of the molecule is CC(C)(CC(=O)O)c1ccc(OCc2cccc(-c3cccc4c3CCN(Cc3ccccc3)C4)c2)cc1.Cl. The van der Waals surface area contributed by atoms with Crippen LogP contribution in [0.5, 0.6) is 5.75 Å². The van der Waals surface area contributed by atoms with E-state index < -0.39 is 11.4 Å². The van der Waals surface area contributed by atoms with E-state index in [0.717, 1.165) is 42.9 Å². The third-order valence-electron chi connectivity index (χ3n) is 7.47. The largest absolute Gasteiger partial charge is 0.489 e. The standard InChI is InChI=1S/C34H35NO3.ClH/c1-34(2,21-33(36)37)29-14-16-30(17-15-29)38-24-26-10-6-11-27(20-26)31-13-7-12-28-23-35(19-18-32(28)31)22-25-8-4-3-5-9-25;/h3-17,20H,18-19,21-24H2,1-2H3,(H,36,37);1H. The van der Waals surface area contributed by atoms with Gasteiger partial charge in [-0.25, -0.2) is 0 Å². The third-order valence-corrected chi connectivity index (χ3v) is 7.47. The predicted octanol–water partition coefficient (Wildman–Crippen LogP) is 7.67. The lowest BCUT2D eigenvalue weighted by atomic mass is 9.82. The van der Waals surface area contributed by atoms with Gasteiger partial charge < -0.3 is 9.84 Å². The Morgan fingerprint density at radius 1 is 0.897 bits per heavy atom. The average molecular weight is 542 g/mol. The minimum absolute atomic E-state index is 0. The first-order valence-electron chi connectivity index (χ1n) is 13.3. The zero-order valence-corrected chi connectivity index (χ0v) is 23.4. The molecule has 5 rings (SSSR count). The van der Waals surface area contributed by atoms with Crippen molar-refractivity contribution in [3.05, 3.63) is 125 Å². The molecule has 0 spiro atoms. The monoisotopic (exact) mass is 541 g/mol. The highest BCUT2D eigenvalue weighted by molar-refractivity contribution is 5.85. The molecule has 1 aliphatic rings. The topological polar surface area (TPSA) is 49.8 Å². The molecule has 0 atom stereocenters. The summed E-state index contributed by atoms with van der Waals surface area (Å²) in [6.07, 6.45) is 1.14. The molecular formula is C34H36ClNO3. The van der Waals surface area contributed by atoms with Gasteiger partial charge in [0.25, 0.3) is 0 Å². The Kier molecular flexibility index (Phi) is 9.11. The number of aliphatic carboxylic acids is 1. The van der Waals surface area contributed by atoms with E-state index in [1.165, 1.54) is 27.8 Å². The van der Waals surface area contributed by atoms with E-state index in [-0.39, 0.29) is 18.8 Å². The van der Waals surface area contributed by atoms with Gasteiger partial charge >= 0.3 is 5.97 Å². The van der Waals surface area contributed by atoms with Crippen LogP contribution < -0.4 is 4.74 Å². The van der Waals surface area contributed by atoms with Crippen molar-refractivity contribution in [1.82, 2.24) is 4.90 Å². The third kappa shape index (κ3) is 7.08. The van der Waals surface area contributed by atoms with Crippen LogP contribution in [0.4, 0.5) is 0 Å². The summed E-state index contributed by atoms with van der Waals surface area (Å²) < 4.78 is 6.09. The summed E-state index contributed by atoms with van der Waals surface area (Å²) in [7, 11) is 0. The molecule has 1 heterocycles. The van der Waals surface area contributed by atoms with E-state index in [4.69, 9.17) is 4.74 Å². The van der Waals surface area contributed by atoms with Crippen LogP contribution >= 0.6 is 12.4 Å². The van der Waals surface area contributed by atoms with Gasteiger partial charge in [-0.3, -0.25) is 9.69 Å². The van der Waals surface area contributed by atoms with E-state index in [2.05, 4.69) is 77.7 Å². The molecule has 4 aromatic carbocycles. The van der Waals surface area contributed by atoms with Crippen molar-refractivity contribution < 1.29 is 14.6 Å². The predicted molar refractivity (Wildman–Crippen MR) is 159 cm³/mol. The van der Waals surface area contributed by atoms with E-state index in [0.29, 0.717) is 6.61 Å². The molecule has 0 saturated carbocycles. The van der Waals surface area contributed by atoms with Crippen molar-refractivity contribution in [1.29, 1.82) is 0 Å². The van der Waals surface area contributed by atoms with Gasteiger partial charge in [-0.15, -0.1) is 12.4 Å². The first-order chi connectivity index (χ1) is 18.4. The molecule has 4 aromatic rings. The molecule has 0 radical (unpaired) electrons. The number of ether oxygens (including phenoxy) is 1. The number of hydrogen-bond acceptors (Lipinski definition) is 3. The smallest absolute Gasteiger partial charge is 0.304 e. The minimum Gasteiger partial charge on any atom is -0.489 e. The van der Waals surface area contributed by atoms with Crippen LogP contribution in [-0.4, -0.2) is 22.5 Å². The van der Waals surface area contributed by atoms with Gasteiger partial charge in [0.15, 0.2) is 0 Å². The number of rotatable bonds is 9. The zero-order chi connectivity index (χ0) is 26.5. The molecule has 0 unspecified atom stereocenters. The quantitative estimate of drug-likeness (QED) is 0.236. The molecule has 0 aliphatic carbocycles. The molecule has 4 nitrogen and oxygen atoms in total. The number of benzene rings is 4. The van der Waals surface area contributed by atoms with Gasteiger partial charge in [0.1, 0.15) is 12.4 Å². The number of halogens is 1. The summed E-state index contributed by atoms with van der Waals surface area (Å²) in [5.74, 6) is -0.0136. The molecule has 1 aliphatic heterocycles. The fraction of sp³-hybridized carbons (Fsp3) is 0.265. The van der Waals surface area contributed by atoms with Crippen LogP contribution in [0.15, 0.2) is 97.1 Å². The number of carboxylic acids is 1. The molecule has 202 valence electrons. The fourth-order valence-corrected chi connectivity index (χ4v) is 5.39.